The molecule has 0 radical (unpaired) electrons. The fourth-order valence-corrected chi connectivity index (χ4v) is 3.33. The predicted octanol–water partition coefficient (Wildman–Crippen LogP) is 5.29. The van der Waals surface area contributed by atoms with Crippen LogP contribution < -0.4 is 31.9 Å². The zero-order chi connectivity index (χ0) is 26.9. The molecule has 4 rings (SSSR count). The molecular weight excluding hydrogens is 508 g/mol. The van der Waals surface area contributed by atoms with E-state index in [4.69, 9.17) is 37.2 Å². The van der Waals surface area contributed by atoms with Gasteiger partial charge in [-0.3, -0.25) is 10.2 Å². The van der Waals surface area contributed by atoms with E-state index in [1.54, 1.807) is 30.3 Å². The number of ether oxygens (including phenoxy) is 2. The number of amides is 1. The standard InChI is InChI=1S/C23H18ClF2N5O4.C2H6/c24-18-7-13(25)2-1-12(18)10-33-15-5-3-14(4-6-15)29-22(32)17-11-34-20-9-21(19(26)8-16(17)20)35-23(30-27)31-28;1-2/h1-9,11H,10,27-28H2,(H,29,32)(H,30,31);1-2H3. The van der Waals surface area contributed by atoms with Crippen molar-refractivity contribution in [3.8, 4) is 11.5 Å². The second-order valence-electron chi connectivity index (χ2n) is 7.11. The van der Waals surface area contributed by atoms with Crippen molar-refractivity contribution in [3.63, 3.8) is 0 Å². The maximum atomic E-state index is 14.5. The summed E-state index contributed by atoms with van der Waals surface area (Å²) in [5, 5.41) is 6.41. The van der Waals surface area contributed by atoms with Gasteiger partial charge >= 0.3 is 6.02 Å². The average Bonchev–Trinajstić information content (AvgIpc) is 3.31. The molecule has 0 unspecified atom stereocenters. The average molecular weight is 532 g/mol. The van der Waals surface area contributed by atoms with E-state index in [1.165, 1.54) is 24.5 Å². The molecule has 0 bridgehead atoms. The molecule has 1 aromatic heterocycles. The topological polar surface area (TPSA) is 137 Å². The summed E-state index contributed by atoms with van der Waals surface area (Å²) in [5.74, 6) is 8.76. The number of hydrogen-bond acceptors (Lipinski definition) is 7. The van der Waals surface area contributed by atoms with E-state index in [2.05, 4.69) is 15.8 Å². The van der Waals surface area contributed by atoms with Gasteiger partial charge in [-0.05, 0) is 42.5 Å². The van der Waals surface area contributed by atoms with Crippen molar-refractivity contribution in [3.05, 3.63) is 88.6 Å². The van der Waals surface area contributed by atoms with Gasteiger partial charge in [-0.1, -0.05) is 31.5 Å². The molecule has 37 heavy (non-hydrogen) atoms. The fourth-order valence-electron chi connectivity index (χ4n) is 3.11. The minimum absolute atomic E-state index is 0.112. The van der Waals surface area contributed by atoms with Crippen LogP contribution in [0.5, 0.6) is 11.5 Å². The molecular formula is C25H24ClF2N5O4. The minimum Gasteiger partial charge on any atom is -0.489 e. The normalized spacial score (nSPS) is 10.9. The van der Waals surface area contributed by atoms with Gasteiger partial charge in [0.1, 0.15) is 30.0 Å². The van der Waals surface area contributed by atoms with Gasteiger partial charge in [-0.2, -0.15) is 0 Å². The zero-order valence-electron chi connectivity index (χ0n) is 19.8. The molecule has 0 spiro atoms. The van der Waals surface area contributed by atoms with Crippen molar-refractivity contribution in [1.29, 1.82) is 0 Å². The Balaban J connectivity index is 0.00000186. The van der Waals surface area contributed by atoms with Crippen molar-refractivity contribution < 1.29 is 27.5 Å². The van der Waals surface area contributed by atoms with Crippen LogP contribution in [0, 0.1) is 11.6 Å². The summed E-state index contributed by atoms with van der Waals surface area (Å²) in [5.41, 5.74) is 3.47. The number of nitrogens with one attached hydrogen (secondary N) is 2. The number of halogens is 3. The zero-order valence-corrected chi connectivity index (χ0v) is 20.6. The molecule has 0 aliphatic carbocycles. The monoisotopic (exact) mass is 531 g/mol. The number of hydrazone groups is 1. The second-order valence-corrected chi connectivity index (χ2v) is 7.52. The number of benzene rings is 3. The molecule has 4 aromatic rings. The molecule has 1 amide bonds. The summed E-state index contributed by atoms with van der Waals surface area (Å²) < 4.78 is 43.8. The van der Waals surface area contributed by atoms with Gasteiger partial charge in [0.25, 0.3) is 5.91 Å². The number of hydrazine groups is 1. The van der Waals surface area contributed by atoms with Gasteiger partial charge < -0.3 is 25.1 Å². The molecule has 194 valence electrons. The Morgan fingerprint density at radius 3 is 2.49 bits per heavy atom. The first kappa shape index (κ1) is 27.2. The van der Waals surface area contributed by atoms with Gasteiger partial charge in [-0.25, -0.2) is 14.6 Å². The number of furan rings is 1. The molecule has 6 N–H and O–H groups in total. The molecule has 0 fully saturated rings. The lowest BCUT2D eigenvalue weighted by atomic mass is 10.1. The highest BCUT2D eigenvalue weighted by molar-refractivity contribution is 6.31. The van der Waals surface area contributed by atoms with E-state index < -0.39 is 17.5 Å². The maximum absolute atomic E-state index is 14.5. The number of anilines is 1. The third-order valence-corrected chi connectivity index (χ3v) is 5.19. The summed E-state index contributed by atoms with van der Waals surface area (Å²) in [6.07, 6.45) is 1.20. The maximum Gasteiger partial charge on any atom is 0.326 e. The number of carbonyl (C=O) groups excluding carboxylic acids is 1. The molecule has 9 nitrogen and oxygen atoms in total. The predicted molar refractivity (Wildman–Crippen MR) is 137 cm³/mol. The lowest BCUT2D eigenvalue weighted by Gasteiger charge is -2.09. The molecule has 0 aliphatic heterocycles. The first-order valence-corrected chi connectivity index (χ1v) is 11.4. The summed E-state index contributed by atoms with van der Waals surface area (Å²) in [6, 6.07) is 12.6. The number of nitrogens with zero attached hydrogens (tertiary/aromatic N) is 1. The van der Waals surface area contributed by atoms with E-state index >= 15 is 0 Å². The molecule has 0 atom stereocenters. The molecule has 0 saturated heterocycles. The van der Waals surface area contributed by atoms with Crippen LogP contribution in [0.4, 0.5) is 14.5 Å². The Labute approximate surface area is 215 Å². The van der Waals surface area contributed by atoms with E-state index in [1.807, 2.05) is 13.8 Å². The molecule has 12 heteroatoms. The number of nitrogens with two attached hydrogens (primary N) is 2. The first-order valence-electron chi connectivity index (χ1n) is 11.0. The van der Waals surface area contributed by atoms with Crippen LogP contribution in [0.2, 0.25) is 5.02 Å². The van der Waals surface area contributed by atoms with Crippen molar-refractivity contribution in [2.45, 2.75) is 20.5 Å². The Hall–Kier alpha value is -4.35. The SMILES string of the molecule is CC.N/N=C(\NN)Oc1cc2occ(C(=O)Nc3ccc(OCc4ccc(F)cc4Cl)cc3)c2cc1F. The molecule has 1 heterocycles. The minimum atomic E-state index is -0.785. The van der Waals surface area contributed by atoms with Gasteiger partial charge in [-0.15, -0.1) is 5.10 Å². The largest absolute Gasteiger partial charge is 0.489 e. The lowest BCUT2D eigenvalue weighted by Crippen LogP contribution is -2.35. The van der Waals surface area contributed by atoms with Gasteiger partial charge in [0, 0.05) is 22.7 Å². The summed E-state index contributed by atoms with van der Waals surface area (Å²) >= 11 is 6.00. The Kier molecular flexibility index (Phi) is 9.25. The molecule has 3 aromatic carbocycles. The molecule has 0 saturated carbocycles. The van der Waals surface area contributed by atoms with Crippen LogP contribution in [0.15, 0.2) is 70.4 Å². The van der Waals surface area contributed by atoms with Crippen molar-refractivity contribution >= 4 is 40.2 Å². The first-order chi connectivity index (χ1) is 17.9. The van der Waals surface area contributed by atoms with E-state index in [0.717, 1.165) is 6.07 Å². The van der Waals surface area contributed by atoms with E-state index in [-0.39, 0.29) is 39.9 Å². The second kappa shape index (κ2) is 12.6. The lowest BCUT2D eigenvalue weighted by molar-refractivity contribution is 0.102. The van der Waals surface area contributed by atoms with E-state index in [9.17, 15) is 13.6 Å². The quantitative estimate of drug-likeness (QED) is 0.115. The van der Waals surface area contributed by atoms with Crippen molar-refractivity contribution in [2.24, 2.45) is 16.8 Å². The van der Waals surface area contributed by atoms with Crippen LogP contribution in [-0.4, -0.2) is 11.9 Å². The third kappa shape index (κ3) is 6.66. The van der Waals surface area contributed by atoms with Crippen LogP contribution in [0.3, 0.4) is 0 Å². The number of hydrogen-bond donors (Lipinski definition) is 4. The van der Waals surface area contributed by atoms with Crippen molar-refractivity contribution in [1.82, 2.24) is 5.43 Å². The highest BCUT2D eigenvalue weighted by Crippen LogP contribution is 2.29. The van der Waals surface area contributed by atoms with Gasteiger partial charge in [0.15, 0.2) is 11.6 Å². The highest BCUT2D eigenvalue weighted by Gasteiger charge is 2.18. The smallest absolute Gasteiger partial charge is 0.326 e. The van der Waals surface area contributed by atoms with Crippen LogP contribution in [-0.2, 0) is 6.61 Å². The number of rotatable bonds is 6. The summed E-state index contributed by atoms with van der Waals surface area (Å²) in [7, 11) is 0. The Morgan fingerprint density at radius 2 is 1.84 bits per heavy atom. The van der Waals surface area contributed by atoms with Gasteiger partial charge in [0.05, 0.1) is 10.6 Å². The highest BCUT2D eigenvalue weighted by atomic mass is 35.5. The number of carbonyl (C=O) groups is 1. The third-order valence-electron chi connectivity index (χ3n) is 4.84. The van der Waals surface area contributed by atoms with Crippen LogP contribution >= 0.6 is 11.6 Å². The Bertz CT molecular complexity index is 1410. The Morgan fingerprint density at radius 1 is 1.11 bits per heavy atom. The summed E-state index contributed by atoms with van der Waals surface area (Å²) in [4.78, 5) is 12.8. The van der Waals surface area contributed by atoms with Crippen LogP contribution in [0.25, 0.3) is 11.0 Å². The number of amidine groups is 1. The number of fused-ring (bicyclic) bond motifs is 1. The van der Waals surface area contributed by atoms with Gasteiger partial charge in [0.2, 0.25) is 0 Å². The summed E-state index contributed by atoms with van der Waals surface area (Å²) in [6.45, 7) is 4.14. The molecule has 0 aliphatic rings. The fraction of sp³-hybridized carbons (Fsp3) is 0.120. The van der Waals surface area contributed by atoms with E-state index in [0.29, 0.717) is 17.0 Å². The van der Waals surface area contributed by atoms with Crippen LogP contribution in [0.1, 0.15) is 29.8 Å². The van der Waals surface area contributed by atoms with Crippen molar-refractivity contribution in [2.75, 3.05) is 5.32 Å².